The van der Waals surface area contributed by atoms with E-state index < -0.39 is 16.0 Å². The van der Waals surface area contributed by atoms with Crippen molar-refractivity contribution >= 4 is 16.0 Å². The van der Waals surface area contributed by atoms with E-state index in [1.165, 1.54) is 36.4 Å². The van der Waals surface area contributed by atoms with Crippen molar-refractivity contribution in [1.82, 2.24) is 0 Å². The van der Waals surface area contributed by atoms with Crippen LogP contribution in [-0.4, -0.2) is 19.5 Å². The highest BCUT2D eigenvalue weighted by molar-refractivity contribution is 7.89. The molecule has 2 aromatic carbocycles. The van der Waals surface area contributed by atoms with Gasteiger partial charge >= 0.3 is 5.97 Å². The van der Waals surface area contributed by atoms with Crippen LogP contribution in [0.25, 0.3) is 0 Å². The summed E-state index contributed by atoms with van der Waals surface area (Å²) < 4.78 is 28.4. The van der Waals surface area contributed by atoms with E-state index in [2.05, 4.69) is 0 Å². The van der Waals surface area contributed by atoms with Crippen LogP contribution in [0.15, 0.2) is 47.4 Å². The van der Waals surface area contributed by atoms with Crippen LogP contribution in [0.2, 0.25) is 0 Å². The zero-order valence-electron chi connectivity index (χ0n) is 11.1. The number of rotatable bonds is 4. The van der Waals surface area contributed by atoms with Gasteiger partial charge in [-0.1, -0.05) is 12.1 Å². The van der Waals surface area contributed by atoms with Gasteiger partial charge in [0.25, 0.3) is 0 Å². The molecule has 2 rings (SSSR count). The zero-order chi connectivity index (χ0) is 15.6. The van der Waals surface area contributed by atoms with Gasteiger partial charge in [0.2, 0.25) is 10.0 Å². The van der Waals surface area contributed by atoms with Gasteiger partial charge in [0.05, 0.1) is 5.56 Å². The Morgan fingerprint density at radius 1 is 1.19 bits per heavy atom. The highest BCUT2D eigenvalue weighted by Gasteiger charge is 2.15. The molecule has 0 aliphatic heterocycles. The number of para-hydroxylation sites is 1. The van der Waals surface area contributed by atoms with Crippen molar-refractivity contribution in [3.05, 3.63) is 53.6 Å². The van der Waals surface area contributed by atoms with Crippen molar-refractivity contribution in [1.29, 1.82) is 0 Å². The molecule has 7 heteroatoms. The van der Waals surface area contributed by atoms with Crippen LogP contribution < -0.4 is 9.88 Å². The van der Waals surface area contributed by atoms with Gasteiger partial charge in [-0.05, 0) is 42.8 Å². The molecule has 2 aromatic rings. The fraction of sp³-hybridized carbons (Fsp3) is 0.0714. The second kappa shape index (κ2) is 5.55. The normalized spacial score (nSPS) is 11.1. The average Bonchev–Trinajstić information content (AvgIpc) is 2.37. The molecule has 0 radical (unpaired) electrons. The number of aromatic carboxylic acids is 1. The number of hydrogen-bond acceptors (Lipinski definition) is 4. The molecule has 0 spiro atoms. The Bertz CT molecular complexity index is 799. The molecule has 0 aliphatic rings. The first-order valence-electron chi connectivity index (χ1n) is 5.92. The van der Waals surface area contributed by atoms with Crippen LogP contribution >= 0.6 is 0 Å². The van der Waals surface area contributed by atoms with Gasteiger partial charge in [-0.3, -0.25) is 0 Å². The Morgan fingerprint density at radius 3 is 2.43 bits per heavy atom. The molecule has 6 nitrogen and oxygen atoms in total. The van der Waals surface area contributed by atoms with Crippen LogP contribution in [0.3, 0.4) is 0 Å². The standard InChI is InChI=1S/C14H13NO5S/c1-9-8-10(6-7-11(9)14(16)17)20-12-4-2-3-5-13(12)21(15,18)19/h2-8H,1H3,(H,16,17)(H2,15,18,19). The number of carboxylic acid groups (broad SMARTS) is 1. The molecule has 0 amide bonds. The number of aryl methyl sites for hydroxylation is 1. The minimum absolute atomic E-state index is 0.0856. The van der Waals surface area contributed by atoms with Gasteiger partial charge < -0.3 is 9.84 Å². The largest absolute Gasteiger partial charge is 0.478 e. The van der Waals surface area contributed by atoms with E-state index in [4.69, 9.17) is 15.0 Å². The van der Waals surface area contributed by atoms with Gasteiger partial charge in [-0.15, -0.1) is 0 Å². The number of benzene rings is 2. The third-order valence-corrected chi connectivity index (χ3v) is 3.76. The number of nitrogens with two attached hydrogens (primary N) is 1. The minimum atomic E-state index is -3.90. The first kappa shape index (κ1) is 15.0. The van der Waals surface area contributed by atoms with Gasteiger partial charge in [-0.25, -0.2) is 18.4 Å². The van der Waals surface area contributed by atoms with E-state index >= 15 is 0 Å². The second-order valence-corrected chi connectivity index (χ2v) is 5.91. The molecule has 110 valence electrons. The number of sulfonamides is 1. The molecule has 0 saturated carbocycles. The minimum Gasteiger partial charge on any atom is -0.478 e. The Morgan fingerprint density at radius 2 is 1.86 bits per heavy atom. The molecular formula is C14H13NO5S. The lowest BCUT2D eigenvalue weighted by atomic mass is 10.1. The SMILES string of the molecule is Cc1cc(Oc2ccccc2S(N)(=O)=O)ccc1C(=O)O. The zero-order valence-corrected chi connectivity index (χ0v) is 11.9. The molecule has 0 atom stereocenters. The summed E-state index contributed by atoms with van der Waals surface area (Å²) in [5.41, 5.74) is 0.662. The lowest BCUT2D eigenvalue weighted by Crippen LogP contribution is -2.13. The predicted octanol–water partition coefficient (Wildman–Crippen LogP) is 2.13. The Labute approximate surface area is 121 Å². The van der Waals surface area contributed by atoms with Gasteiger partial charge in [0.15, 0.2) is 0 Å². The Kier molecular flexibility index (Phi) is 3.97. The maximum atomic E-state index is 11.5. The quantitative estimate of drug-likeness (QED) is 0.899. The van der Waals surface area contributed by atoms with E-state index in [1.807, 2.05) is 0 Å². The van der Waals surface area contributed by atoms with Crippen molar-refractivity contribution in [2.75, 3.05) is 0 Å². The molecular weight excluding hydrogens is 294 g/mol. The molecule has 0 bridgehead atoms. The lowest BCUT2D eigenvalue weighted by Gasteiger charge is -2.11. The monoisotopic (exact) mass is 307 g/mol. The van der Waals surface area contributed by atoms with Gasteiger partial charge in [0.1, 0.15) is 16.4 Å². The van der Waals surface area contributed by atoms with Crippen molar-refractivity contribution in [3.8, 4) is 11.5 Å². The smallest absolute Gasteiger partial charge is 0.335 e. The van der Waals surface area contributed by atoms with Crippen LogP contribution in [0.4, 0.5) is 0 Å². The van der Waals surface area contributed by atoms with Crippen molar-refractivity contribution < 1.29 is 23.1 Å². The number of carboxylic acids is 1. The summed E-state index contributed by atoms with van der Waals surface area (Å²) in [6, 6.07) is 10.3. The third kappa shape index (κ3) is 3.39. The van der Waals surface area contributed by atoms with E-state index in [0.717, 1.165) is 0 Å². The molecule has 0 unspecified atom stereocenters. The van der Waals surface area contributed by atoms with Crippen molar-refractivity contribution in [3.63, 3.8) is 0 Å². The molecule has 0 aliphatic carbocycles. The summed E-state index contributed by atoms with van der Waals surface area (Å²) in [7, 11) is -3.90. The number of ether oxygens (including phenoxy) is 1. The highest BCUT2D eigenvalue weighted by atomic mass is 32.2. The first-order valence-corrected chi connectivity index (χ1v) is 7.47. The summed E-state index contributed by atoms with van der Waals surface area (Å²) in [5.74, 6) is -0.625. The van der Waals surface area contributed by atoms with Gasteiger partial charge in [0, 0.05) is 0 Å². The van der Waals surface area contributed by atoms with E-state index in [-0.39, 0.29) is 16.2 Å². The summed E-state index contributed by atoms with van der Waals surface area (Å²) in [6.07, 6.45) is 0. The Balaban J connectivity index is 2.40. The first-order chi connectivity index (χ1) is 9.79. The molecule has 0 aromatic heterocycles. The average molecular weight is 307 g/mol. The highest BCUT2D eigenvalue weighted by Crippen LogP contribution is 2.29. The maximum Gasteiger partial charge on any atom is 0.335 e. The fourth-order valence-corrected chi connectivity index (χ4v) is 2.49. The number of hydrogen-bond donors (Lipinski definition) is 2. The van der Waals surface area contributed by atoms with Crippen LogP contribution in [0, 0.1) is 6.92 Å². The van der Waals surface area contributed by atoms with Crippen molar-refractivity contribution in [2.24, 2.45) is 5.14 Å². The summed E-state index contributed by atoms with van der Waals surface area (Å²) in [4.78, 5) is 10.8. The van der Waals surface area contributed by atoms with Crippen molar-refractivity contribution in [2.45, 2.75) is 11.8 Å². The molecule has 0 fully saturated rings. The predicted molar refractivity (Wildman–Crippen MR) is 76.0 cm³/mol. The Hall–Kier alpha value is -2.38. The van der Waals surface area contributed by atoms with Gasteiger partial charge in [-0.2, -0.15) is 0 Å². The number of carbonyl (C=O) groups is 1. The maximum absolute atomic E-state index is 11.5. The second-order valence-electron chi connectivity index (χ2n) is 4.38. The van der Waals surface area contributed by atoms with Crippen LogP contribution in [0.5, 0.6) is 11.5 Å². The van der Waals surface area contributed by atoms with E-state index in [9.17, 15) is 13.2 Å². The number of primary sulfonamides is 1. The molecule has 0 heterocycles. The fourth-order valence-electron chi connectivity index (χ4n) is 1.84. The van der Waals surface area contributed by atoms with E-state index in [1.54, 1.807) is 13.0 Å². The van der Waals surface area contributed by atoms with Crippen LogP contribution in [-0.2, 0) is 10.0 Å². The van der Waals surface area contributed by atoms with E-state index in [0.29, 0.717) is 11.3 Å². The van der Waals surface area contributed by atoms with Crippen LogP contribution in [0.1, 0.15) is 15.9 Å². The summed E-state index contributed by atoms with van der Waals surface area (Å²) in [5, 5.41) is 14.1. The lowest BCUT2D eigenvalue weighted by molar-refractivity contribution is 0.0696. The topological polar surface area (TPSA) is 107 Å². The summed E-state index contributed by atoms with van der Waals surface area (Å²) >= 11 is 0. The summed E-state index contributed by atoms with van der Waals surface area (Å²) in [6.45, 7) is 1.63. The molecule has 3 N–H and O–H groups in total. The molecule has 21 heavy (non-hydrogen) atoms. The third-order valence-electron chi connectivity index (χ3n) is 2.81. The molecule has 0 saturated heterocycles.